The molecule has 4 rings (SSSR count). The Bertz CT molecular complexity index is 1200. The molecule has 4 nitrogen and oxygen atoms in total. The summed E-state index contributed by atoms with van der Waals surface area (Å²) in [5, 5.41) is 13.3. The molecule has 0 amide bonds. The summed E-state index contributed by atoms with van der Waals surface area (Å²) in [6, 6.07) is 14.9. The van der Waals surface area contributed by atoms with Gasteiger partial charge in [0.15, 0.2) is 5.82 Å². The highest BCUT2D eigenvalue weighted by molar-refractivity contribution is 5.92. The van der Waals surface area contributed by atoms with Gasteiger partial charge in [-0.15, -0.1) is 5.10 Å². The van der Waals surface area contributed by atoms with Gasteiger partial charge in [0.05, 0.1) is 11.1 Å². The van der Waals surface area contributed by atoms with Gasteiger partial charge in [-0.1, -0.05) is 36.4 Å². The van der Waals surface area contributed by atoms with Gasteiger partial charge in [0, 0.05) is 11.1 Å². The van der Waals surface area contributed by atoms with Crippen LogP contribution in [0.15, 0.2) is 60.7 Å². The van der Waals surface area contributed by atoms with Gasteiger partial charge in [0.2, 0.25) is 0 Å². The fourth-order valence-corrected chi connectivity index (χ4v) is 3.18. The maximum atomic E-state index is 13.3. The van der Waals surface area contributed by atoms with Gasteiger partial charge in [0.25, 0.3) is 0 Å². The van der Waals surface area contributed by atoms with Crippen LogP contribution in [0.2, 0.25) is 0 Å². The maximum Gasteiger partial charge on any atom is 0.416 e. The summed E-state index contributed by atoms with van der Waals surface area (Å²) >= 11 is 0. The molecule has 1 heterocycles. The molecule has 3 aromatic carbocycles. The van der Waals surface area contributed by atoms with Crippen LogP contribution in [0.4, 0.5) is 26.3 Å². The molecule has 0 unspecified atom stereocenters. The molecule has 0 atom stereocenters. The normalized spacial score (nSPS) is 12.2. The van der Waals surface area contributed by atoms with Crippen molar-refractivity contribution in [3.05, 3.63) is 77.9 Å². The van der Waals surface area contributed by atoms with Crippen molar-refractivity contribution in [2.75, 3.05) is 0 Å². The number of rotatable bonds is 3. The minimum Gasteiger partial charge on any atom is -0.239 e. The Morgan fingerprint density at radius 3 is 2.10 bits per heavy atom. The molecule has 10 heteroatoms. The third-order valence-corrected chi connectivity index (χ3v) is 4.58. The summed E-state index contributed by atoms with van der Waals surface area (Å²) in [7, 11) is 0. The Morgan fingerprint density at radius 1 is 0.774 bits per heavy atom. The second kappa shape index (κ2) is 7.53. The molecular weight excluding hydrogens is 422 g/mol. The lowest BCUT2D eigenvalue weighted by Crippen LogP contribution is -2.05. The quantitative estimate of drug-likeness (QED) is 0.401. The minimum absolute atomic E-state index is 0.154. The van der Waals surface area contributed by atoms with Gasteiger partial charge >= 0.3 is 12.4 Å². The molecule has 0 aliphatic carbocycles. The SMILES string of the molecule is FC(F)(F)c1ccc(-c2cc[c]c(-c3nnn[nH]3)c2-c2cccc(C(F)(F)F)c2)cc1. The van der Waals surface area contributed by atoms with E-state index in [1.54, 1.807) is 6.07 Å². The molecule has 0 saturated heterocycles. The van der Waals surface area contributed by atoms with Crippen molar-refractivity contribution >= 4 is 0 Å². The molecule has 4 aromatic rings. The van der Waals surface area contributed by atoms with Gasteiger partial charge in [-0.05, 0) is 57.4 Å². The van der Waals surface area contributed by atoms with E-state index in [0.29, 0.717) is 16.7 Å². The van der Waals surface area contributed by atoms with E-state index in [1.165, 1.54) is 30.3 Å². The van der Waals surface area contributed by atoms with Crippen molar-refractivity contribution < 1.29 is 26.3 Å². The van der Waals surface area contributed by atoms with Gasteiger partial charge in [-0.2, -0.15) is 26.3 Å². The Morgan fingerprint density at radius 2 is 1.48 bits per heavy atom. The zero-order valence-corrected chi connectivity index (χ0v) is 15.4. The van der Waals surface area contributed by atoms with Crippen molar-refractivity contribution in [2.45, 2.75) is 12.4 Å². The van der Waals surface area contributed by atoms with Crippen LogP contribution in [0.1, 0.15) is 11.1 Å². The first-order valence-corrected chi connectivity index (χ1v) is 8.78. The summed E-state index contributed by atoms with van der Waals surface area (Å²) in [6.07, 6.45) is -9.08. The highest BCUT2D eigenvalue weighted by Gasteiger charge is 2.32. The lowest BCUT2D eigenvalue weighted by molar-refractivity contribution is -0.138. The Hall–Kier alpha value is -3.69. The third kappa shape index (κ3) is 4.14. The van der Waals surface area contributed by atoms with Crippen LogP contribution in [0, 0.1) is 6.07 Å². The third-order valence-electron chi connectivity index (χ3n) is 4.58. The van der Waals surface area contributed by atoms with E-state index in [2.05, 4.69) is 26.7 Å². The Balaban J connectivity index is 1.95. The van der Waals surface area contributed by atoms with E-state index >= 15 is 0 Å². The molecule has 0 aliphatic heterocycles. The van der Waals surface area contributed by atoms with Crippen LogP contribution in [0.25, 0.3) is 33.6 Å². The first-order valence-electron chi connectivity index (χ1n) is 8.78. The van der Waals surface area contributed by atoms with Gasteiger partial charge in [0.1, 0.15) is 0 Å². The van der Waals surface area contributed by atoms with Gasteiger partial charge in [-0.3, -0.25) is 0 Å². The zero-order chi connectivity index (χ0) is 22.2. The predicted octanol–water partition coefficient (Wildman–Crippen LogP) is 6.04. The second-order valence-electron chi connectivity index (χ2n) is 6.54. The number of hydrogen-bond donors (Lipinski definition) is 1. The summed E-state index contributed by atoms with van der Waals surface area (Å²) in [5.74, 6) is 0.154. The maximum absolute atomic E-state index is 13.3. The largest absolute Gasteiger partial charge is 0.416 e. The van der Waals surface area contributed by atoms with Crippen molar-refractivity contribution in [3.8, 4) is 33.6 Å². The summed E-state index contributed by atoms with van der Waals surface area (Å²) in [5.41, 5.74) is -0.157. The highest BCUT2D eigenvalue weighted by atomic mass is 19.4. The smallest absolute Gasteiger partial charge is 0.239 e. The number of aromatic amines is 1. The predicted molar refractivity (Wildman–Crippen MR) is 99.3 cm³/mol. The van der Waals surface area contributed by atoms with Gasteiger partial charge < -0.3 is 0 Å². The molecule has 157 valence electrons. The molecule has 31 heavy (non-hydrogen) atoms. The Labute approximate surface area is 171 Å². The molecule has 1 N–H and O–H groups in total. The van der Waals surface area contributed by atoms with E-state index in [0.717, 1.165) is 24.3 Å². The number of H-pyrrole nitrogens is 1. The molecule has 0 bridgehead atoms. The van der Waals surface area contributed by atoms with E-state index in [1.807, 2.05) is 0 Å². The van der Waals surface area contributed by atoms with E-state index in [4.69, 9.17) is 0 Å². The minimum atomic E-state index is -4.57. The summed E-state index contributed by atoms with van der Waals surface area (Å²) < 4.78 is 78.7. The monoisotopic (exact) mass is 433 g/mol. The average molecular weight is 433 g/mol. The van der Waals surface area contributed by atoms with Crippen molar-refractivity contribution in [2.24, 2.45) is 0 Å². The molecular formula is C21H11F6N4. The number of alkyl halides is 6. The number of nitrogens with zero attached hydrogens (tertiary/aromatic N) is 3. The van der Waals surface area contributed by atoms with Crippen LogP contribution < -0.4 is 0 Å². The number of hydrogen-bond acceptors (Lipinski definition) is 3. The van der Waals surface area contributed by atoms with Crippen LogP contribution >= 0.6 is 0 Å². The van der Waals surface area contributed by atoms with E-state index in [9.17, 15) is 26.3 Å². The second-order valence-corrected chi connectivity index (χ2v) is 6.54. The molecule has 0 aliphatic rings. The van der Waals surface area contributed by atoms with E-state index < -0.39 is 23.5 Å². The first kappa shape index (κ1) is 20.6. The standard InChI is InChI=1S/C21H11F6N4/c22-20(23,24)14-9-7-12(8-10-14)16-5-2-6-17(19-28-30-31-29-19)18(16)13-3-1-4-15(11-13)21(25,26)27/h1-5,7-11H,(H,28,29,30,31). The number of nitrogens with one attached hydrogen (secondary N) is 1. The van der Waals surface area contributed by atoms with Gasteiger partial charge in [-0.25, -0.2) is 5.10 Å². The molecule has 0 saturated carbocycles. The highest BCUT2D eigenvalue weighted by Crippen LogP contribution is 2.41. The number of aromatic nitrogens is 4. The molecule has 1 radical (unpaired) electrons. The Kier molecular flexibility index (Phi) is 5.00. The summed E-state index contributed by atoms with van der Waals surface area (Å²) in [6.45, 7) is 0. The van der Waals surface area contributed by atoms with E-state index in [-0.39, 0.29) is 17.0 Å². The van der Waals surface area contributed by atoms with Crippen molar-refractivity contribution in [1.82, 2.24) is 20.6 Å². The molecule has 0 spiro atoms. The molecule has 1 aromatic heterocycles. The van der Waals surface area contributed by atoms with Crippen molar-refractivity contribution in [3.63, 3.8) is 0 Å². The number of halogens is 6. The van der Waals surface area contributed by atoms with Crippen LogP contribution in [0.3, 0.4) is 0 Å². The number of tetrazole rings is 1. The number of benzene rings is 3. The van der Waals surface area contributed by atoms with Crippen LogP contribution in [-0.4, -0.2) is 20.6 Å². The average Bonchev–Trinajstić information content (AvgIpc) is 3.27. The first-order chi connectivity index (χ1) is 14.6. The molecule has 0 fully saturated rings. The van der Waals surface area contributed by atoms with Crippen LogP contribution in [-0.2, 0) is 12.4 Å². The van der Waals surface area contributed by atoms with Crippen LogP contribution in [0.5, 0.6) is 0 Å². The fourth-order valence-electron chi connectivity index (χ4n) is 3.18. The van der Waals surface area contributed by atoms with Crippen molar-refractivity contribution in [1.29, 1.82) is 0 Å². The zero-order valence-electron chi connectivity index (χ0n) is 15.4. The lowest BCUT2D eigenvalue weighted by Gasteiger charge is -2.16. The fraction of sp³-hybridized carbons (Fsp3) is 0.0952. The summed E-state index contributed by atoms with van der Waals surface area (Å²) in [4.78, 5) is 0. The lowest BCUT2D eigenvalue weighted by atomic mass is 9.89. The topological polar surface area (TPSA) is 54.5 Å².